The van der Waals surface area contributed by atoms with Crippen LogP contribution >= 0.6 is 0 Å². The van der Waals surface area contributed by atoms with Crippen molar-refractivity contribution in [3.05, 3.63) is 97.2 Å². The van der Waals surface area contributed by atoms with E-state index in [1.165, 1.54) is 103 Å². The van der Waals surface area contributed by atoms with E-state index in [2.05, 4.69) is 112 Å². The van der Waals surface area contributed by atoms with Crippen molar-refractivity contribution in [2.75, 3.05) is 13.2 Å². The molecule has 0 aliphatic heterocycles. The van der Waals surface area contributed by atoms with Gasteiger partial charge < -0.3 is 14.2 Å². The summed E-state index contributed by atoms with van der Waals surface area (Å²) in [5.41, 5.74) is 0. The van der Waals surface area contributed by atoms with E-state index in [4.69, 9.17) is 14.2 Å². The standard InChI is InChI=1S/C59H98O6/c1-4-7-10-13-16-19-22-24-26-28-29-31-32-34-37-40-43-46-49-52-58(61)64-55-56(54-63-57(60)51-48-45-42-39-36-21-18-15-12-9-6-3)65-59(62)53-50-47-44-41-38-35-33-30-27-25-23-20-17-14-11-8-5-2/h7,10,16-17,19-20,24-27,29,31,34,37,43,46,56H,4-6,8-9,11-15,18,21-23,28,30,32-33,35-36,38-42,44-45,47-55H2,1-3H3/b10-7-,19-16-,20-17-,26-24-,27-25-,31-29-,37-34-,46-43-/t56-/m0/s1. The molecule has 0 amide bonds. The van der Waals surface area contributed by atoms with E-state index in [9.17, 15) is 14.4 Å². The minimum atomic E-state index is -0.811. The third-order valence-electron chi connectivity index (χ3n) is 11.1. The molecule has 0 fully saturated rings. The zero-order valence-electron chi connectivity index (χ0n) is 42.2. The van der Waals surface area contributed by atoms with Crippen LogP contribution in [0, 0.1) is 0 Å². The van der Waals surface area contributed by atoms with Gasteiger partial charge in [-0.05, 0) is 89.9 Å². The van der Waals surface area contributed by atoms with Gasteiger partial charge in [-0.1, -0.05) is 227 Å². The Morgan fingerprint density at radius 2 is 0.631 bits per heavy atom. The molecule has 0 heterocycles. The van der Waals surface area contributed by atoms with Crippen molar-refractivity contribution in [2.45, 2.75) is 245 Å². The molecule has 0 aromatic carbocycles. The number of hydrogen-bond acceptors (Lipinski definition) is 6. The molecule has 1 atom stereocenters. The van der Waals surface area contributed by atoms with Crippen molar-refractivity contribution in [1.29, 1.82) is 0 Å². The molecule has 0 aromatic rings. The van der Waals surface area contributed by atoms with Crippen LogP contribution in [0.25, 0.3) is 0 Å². The number of unbranched alkanes of at least 4 members (excludes halogenated alkanes) is 20. The lowest BCUT2D eigenvalue weighted by Crippen LogP contribution is -2.30. The molecule has 0 N–H and O–H groups in total. The van der Waals surface area contributed by atoms with Gasteiger partial charge in [0.15, 0.2) is 6.10 Å². The summed E-state index contributed by atoms with van der Waals surface area (Å²) in [6, 6.07) is 0. The zero-order valence-corrected chi connectivity index (χ0v) is 42.2. The van der Waals surface area contributed by atoms with Crippen LogP contribution in [0.1, 0.15) is 239 Å². The van der Waals surface area contributed by atoms with Crippen molar-refractivity contribution in [1.82, 2.24) is 0 Å². The average Bonchev–Trinajstić information content (AvgIpc) is 3.30. The van der Waals surface area contributed by atoms with Crippen molar-refractivity contribution in [2.24, 2.45) is 0 Å². The Bertz CT molecular complexity index is 1310. The van der Waals surface area contributed by atoms with E-state index in [-0.39, 0.29) is 37.5 Å². The van der Waals surface area contributed by atoms with Gasteiger partial charge >= 0.3 is 17.9 Å². The van der Waals surface area contributed by atoms with Crippen LogP contribution in [0.4, 0.5) is 0 Å². The van der Waals surface area contributed by atoms with Crippen molar-refractivity contribution in [3.63, 3.8) is 0 Å². The third-order valence-corrected chi connectivity index (χ3v) is 11.1. The molecule has 0 aliphatic rings. The lowest BCUT2D eigenvalue weighted by molar-refractivity contribution is -0.166. The highest BCUT2D eigenvalue weighted by atomic mass is 16.6. The number of rotatable bonds is 47. The SMILES string of the molecule is CC/C=C\C/C=C\C/C=C\C/C=C\C/C=C\C/C=C\CCC(=O)OC[C@H](COC(=O)CCCCCCCCCCCCC)OC(=O)CCCCCCCCC/C=C\C/C=C\CCCCC. The summed E-state index contributed by atoms with van der Waals surface area (Å²) in [5, 5.41) is 0. The van der Waals surface area contributed by atoms with E-state index in [1.807, 2.05) is 6.08 Å². The highest BCUT2D eigenvalue weighted by Crippen LogP contribution is 2.14. The molecule has 0 unspecified atom stereocenters. The fourth-order valence-corrected chi connectivity index (χ4v) is 7.09. The molecular weight excluding hydrogens is 805 g/mol. The van der Waals surface area contributed by atoms with Crippen molar-refractivity contribution in [3.8, 4) is 0 Å². The molecule has 0 aromatic heterocycles. The number of hydrogen-bond donors (Lipinski definition) is 0. The van der Waals surface area contributed by atoms with Crippen LogP contribution < -0.4 is 0 Å². The van der Waals surface area contributed by atoms with Crippen molar-refractivity contribution >= 4 is 17.9 Å². The third kappa shape index (κ3) is 51.2. The van der Waals surface area contributed by atoms with Gasteiger partial charge in [0.2, 0.25) is 0 Å². The fourth-order valence-electron chi connectivity index (χ4n) is 7.09. The minimum Gasteiger partial charge on any atom is -0.462 e. The number of carbonyl (C=O) groups excluding carboxylic acids is 3. The van der Waals surface area contributed by atoms with Gasteiger partial charge in [0.1, 0.15) is 13.2 Å². The van der Waals surface area contributed by atoms with Crippen molar-refractivity contribution < 1.29 is 28.6 Å². The first-order chi connectivity index (χ1) is 32.0. The second-order valence-corrected chi connectivity index (χ2v) is 17.4. The smallest absolute Gasteiger partial charge is 0.306 e. The monoisotopic (exact) mass is 903 g/mol. The molecule has 0 saturated heterocycles. The summed E-state index contributed by atoms with van der Waals surface area (Å²) < 4.78 is 16.7. The topological polar surface area (TPSA) is 78.9 Å². The number of carbonyl (C=O) groups is 3. The molecular formula is C59H98O6. The molecule has 0 bridgehead atoms. The minimum absolute atomic E-state index is 0.103. The zero-order chi connectivity index (χ0) is 47.2. The van der Waals surface area contributed by atoms with Gasteiger partial charge in [-0.15, -0.1) is 0 Å². The summed E-state index contributed by atoms with van der Waals surface area (Å²) in [7, 11) is 0. The quantitative estimate of drug-likeness (QED) is 0.0262. The Labute approximate surface area is 400 Å². The maximum atomic E-state index is 12.8. The van der Waals surface area contributed by atoms with E-state index < -0.39 is 6.10 Å². The Balaban J connectivity index is 4.49. The first-order valence-electron chi connectivity index (χ1n) is 26.7. The Hall–Kier alpha value is -3.67. The lowest BCUT2D eigenvalue weighted by Gasteiger charge is -2.18. The van der Waals surface area contributed by atoms with Gasteiger partial charge in [-0.2, -0.15) is 0 Å². The first kappa shape index (κ1) is 61.3. The molecule has 0 aliphatic carbocycles. The van der Waals surface area contributed by atoms with Gasteiger partial charge in [-0.25, -0.2) is 0 Å². The van der Waals surface area contributed by atoms with E-state index >= 15 is 0 Å². The molecule has 6 heteroatoms. The Morgan fingerprint density at radius 1 is 0.323 bits per heavy atom. The van der Waals surface area contributed by atoms with E-state index in [0.29, 0.717) is 19.3 Å². The van der Waals surface area contributed by atoms with Crippen LogP contribution in [0.2, 0.25) is 0 Å². The molecule has 0 rings (SSSR count). The van der Waals surface area contributed by atoms with Crippen LogP contribution in [0.15, 0.2) is 97.2 Å². The maximum absolute atomic E-state index is 12.8. The number of esters is 3. The van der Waals surface area contributed by atoms with Crippen LogP contribution in [0.5, 0.6) is 0 Å². The summed E-state index contributed by atoms with van der Waals surface area (Å²) in [6.45, 7) is 6.42. The van der Waals surface area contributed by atoms with E-state index in [0.717, 1.165) is 89.9 Å². The predicted molar refractivity (Wildman–Crippen MR) is 279 cm³/mol. The predicted octanol–water partition coefficient (Wildman–Crippen LogP) is 17.8. The summed E-state index contributed by atoms with van der Waals surface area (Å²) >= 11 is 0. The van der Waals surface area contributed by atoms with E-state index in [1.54, 1.807) is 0 Å². The average molecular weight is 903 g/mol. The maximum Gasteiger partial charge on any atom is 0.306 e. The number of ether oxygens (including phenoxy) is 3. The second kappa shape index (κ2) is 52.9. The summed E-state index contributed by atoms with van der Waals surface area (Å²) in [4.78, 5) is 38.0. The Morgan fingerprint density at radius 3 is 1.06 bits per heavy atom. The summed E-state index contributed by atoms with van der Waals surface area (Å²) in [5.74, 6) is -1.00. The Kier molecular flexibility index (Phi) is 50.0. The molecule has 370 valence electrons. The first-order valence-corrected chi connectivity index (χ1v) is 26.7. The molecule has 6 nitrogen and oxygen atoms in total. The van der Waals surface area contributed by atoms with Gasteiger partial charge in [-0.3, -0.25) is 14.4 Å². The van der Waals surface area contributed by atoms with Crippen LogP contribution in [-0.2, 0) is 28.6 Å². The second-order valence-electron chi connectivity index (χ2n) is 17.4. The highest BCUT2D eigenvalue weighted by molar-refractivity contribution is 5.71. The molecule has 0 spiro atoms. The summed E-state index contributed by atoms with van der Waals surface area (Å²) in [6.07, 6.45) is 69.7. The fraction of sp³-hybridized carbons (Fsp3) is 0.678. The highest BCUT2D eigenvalue weighted by Gasteiger charge is 2.19. The van der Waals surface area contributed by atoms with Gasteiger partial charge in [0.05, 0.1) is 0 Å². The molecule has 65 heavy (non-hydrogen) atoms. The molecule has 0 saturated carbocycles. The van der Waals surface area contributed by atoms with Crippen LogP contribution in [-0.4, -0.2) is 37.2 Å². The number of allylic oxidation sites excluding steroid dienone is 16. The largest absolute Gasteiger partial charge is 0.462 e. The lowest BCUT2D eigenvalue weighted by atomic mass is 10.1. The van der Waals surface area contributed by atoms with Gasteiger partial charge in [0.25, 0.3) is 0 Å². The normalized spacial score (nSPS) is 12.8. The molecule has 0 radical (unpaired) electrons. The van der Waals surface area contributed by atoms with Crippen LogP contribution in [0.3, 0.4) is 0 Å². The van der Waals surface area contributed by atoms with Gasteiger partial charge in [0, 0.05) is 19.3 Å².